The molecule has 0 saturated heterocycles. The Kier molecular flexibility index (Phi) is 6.60. The molecule has 140 valence electrons. The third kappa shape index (κ3) is 5.43. The second-order valence-corrected chi connectivity index (χ2v) is 8.10. The van der Waals surface area contributed by atoms with E-state index in [1.165, 1.54) is 30.3 Å². The van der Waals surface area contributed by atoms with Crippen LogP contribution in [0.3, 0.4) is 0 Å². The highest BCUT2D eigenvalue weighted by Gasteiger charge is 2.18. The minimum Gasteiger partial charge on any atom is -0.326 e. The van der Waals surface area contributed by atoms with Crippen molar-refractivity contribution in [3.8, 4) is 0 Å². The van der Waals surface area contributed by atoms with Crippen molar-refractivity contribution < 1.29 is 22.0 Å². The van der Waals surface area contributed by atoms with E-state index in [0.717, 1.165) is 0 Å². The Hall–Kier alpha value is -2.13. The molecule has 0 aliphatic heterocycles. The summed E-state index contributed by atoms with van der Waals surface area (Å²) in [6.45, 7) is 3.33. The van der Waals surface area contributed by atoms with Gasteiger partial charge in [0.05, 0.1) is 4.90 Å². The van der Waals surface area contributed by atoms with Crippen LogP contribution in [0.4, 0.5) is 20.2 Å². The second-order valence-electron chi connectivity index (χ2n) is 5.39. The van der Waals surface area contributed by atoms with Crippen molar-refractivity contribution in [1.82, 2.24) is 0 Å². The number of aryl methyl sites for hydroxylation is 1. The molecule has 0 spiro atoms. The van der Waals surface area contributed by atoms with Gasteiger partial charge < -0.3 is 5.32 Å². The molecule has 0 bridgehead atoms. The lowest BCUT2D eigenvalue weighted by molar-refractivity contribution is -0.115. The number of amides is 1. The number of hydrogen-bond donors (Lipinski definition) is 2. The van der Waals surface area contributed by atoms with Gasteiger partial charge in [0, 0.05) is 22.7 Å². The second kappa shape index (κ2) is 8.50. The molecular weight excluding hydrogens is 382 g/mol. The van der Waals surface area contributed by atoms with Gasteiger partial charge in [-0.1, -0.05) is 24.8 Å². The monoisotopic (exact) mass is 400 g/mol. The third-order valence-corrected chi connectivity index (χ3v) is 5.66. The summed E-state index contributed by atoms with van der Waals surface area (Å²) < 4.78 is 52.4. The lowest BCUT2D eigenvalue weighted by Crippen LogP contribution is -2.15. The Morgan fingerprint density at radius 2 is 1.73 bits per heavy atom. The average molecular weight is 400 g/mol. The fourth-order valence-electron chi connectivity index (χ4n) is 2.13. The van der Waals surface area contributed by atoms with Crippen LogP contribution in [-0.4, -0.2) is 20.1 Å². The summed E-state index contributed by atoms with van der Waals surface area (Å²) in [4.78, 5) is 11.9. The molecule has 5 nitrogen and oxygen atoms in total. The van der Waals surface area contributed by atoms with Crippen molar-refractivity contribution >= 4 is 39.1 Å². The predicted molar refractivity (Wildman–Crippen MR) is 99.2 cm³/mol. The van der Waals surface area contributed by atoms with Crippen molar-refractivity contribution in [3.63, 3.8) is 0 Å². The quantitative estimate of drug-likeness (QED) is 0.673. The molecule has 0 aliphatic carbocycles. The number of alkyl halides is 2. The topological polar surface area (TPSA) is 75.3 Å². The Morgan fingerprint density at radius 3 is 2.31 bits per heavy atom. The highest BCUT2D eigenvalue weighted by molar-refractivity contribution is 7.99. The van der Waals surface area contributed by atoms with Crippen LogP contribution in [0.5, 0.6) is 0 Å². The first-order valence-electron chi connectivity index (χ1n) is 7.69. The number of rotatable bonds is 7. The van der Waals surface area contributed by atoms with Crippen LogP contribution in [-0.2, 0) is 14.8 Å². The smallest absolute Gasteiger partial charge is 0.288 e. The van der Waals surface area contributed by atoms with E-state index in [0.29, 0.717) is 27.9 Å². The molecule has 0 saturated carbocycles. The number of thioether (sulfide) groups is 1. The van der Waals surface area contributed by atoms with Gasteiger partial charge >= 0.3 is 0 Å². The number of anilines is 2. The van der Waals surface area contributed by atoms with Crippen LogP contribution in [0.15, 0.2) is 52.3 Å². The zero-order valence-electron chi connectivity index (χ0n) is 14.1. The van der Waals surface area contributed by atoms with Crippen LogP contribution in [0.1, 0.15) is 18.9 Å². The number of carbonyl (C=O) groups excluding carboxylic acids is 1. The van der Waals surface area contributed by atoms with Crippen molar-refractivity contribution in [2.75, 3.05) is 10.0 Å². The summed E-state index contributed by atoms with van der Waals surface area (Å²) in [7, 11) is -3.90. The van der Waals surface area contributed by atoms with Gasteiger partial charge in [0.25, 0.3) is 15.8 Å². The van der Waals surface area contributed by atoms with Crippen LogP contribution >= 0.6 is 11.8 Å². The number of benzene rings is 2. The maximum atomic E-state index is 12.6. The summed E-state index contributed by atoms with van der Waals surface area (Å²) in [5.41, 5.74) is 1.15. The van der Waals surface area contributed by atoms with Crippen LogP contribution in [0, 0.1) is 6.92 Å². The number of carbonyl (C=O) groups is 1. The van der Waals surface area contributed by atoms with Crippen molar-refractivity contribution in [2.45, 2.75) is 35.8 Å². The maximum absolute atomic E-state index is 12.6. The largest absolute Gasteiger partial charge is 0.326 e. The molecular formula is C17H18F2N2O3S2. The normalized spacial score (nSPS) is 11.4. The van der Waals surface area contributed by atoms with Gasteiger partial charge in [-0.25, -0.2) is 8.42 Å². The van der Waals surface area contributed by atoms with E-state index in [1.54, 1.807) is 26.0 Å². The maximum Gasteiger partial charge on any atom is 0.288 e. The van der Waals surface area contributed by atoms with Crippen LogP contribution in [0.2, 0.25) is 0 Å². The first-order valence-corrected chi connectivity index (χ1v) is 10.1. The Morgan fingerprint density at radius 1 is 1.12 bits per heavy atom. The zero-order chi connectivity index (χ0) is 19.3. The summed E-state index contributed by atoms with van der Waals surface area (Å²) in [6, 6.07) is 10.3. The van der Waals surface area contributed by atoms with Gasteiger partial charge in [-0.3, -0.25) is 9.52 Å². The molecule has 0 radical (unpaired) electrons. The minimum atomic E-state index is -3.90. The van der Waals surface area contributed by atoms with Gasteiger partial charge in [-0.2, -0.15) is 8.78 Å². The first-order chi connectivity index (χ1) is 12.2. The fourth-order valence-corrected chi connectivity index (χ4v) is 3.96. The zero-order valence-corrected chi connectivity index (χ0v) is 15.8. The van der Waals surface area contributed by atoms with E-state index >= 15 is 0 Å². The molecule has 0 aromatic heterocycles. The standard InChI is InChI=1S/C17H18F2N2O3S2/c1-3-16(22)20-13-5-4-11(2)15(10-13)26(23,24)21-12-6-8-14(9-7-12)25-17(18)19/h4-10,17,21H,3H2,1-2H3,(H,20,22). The van der Waals surface area contributed by atoms with E-state index in [-0.39, 0.29) is 22.9 Å². The van der Waals surface area contributed by atoms with E-state index in [4.69, 9.17) is 0 Å². The van der Waals surface area contributed by atoms with Gasteiger partial charge in [0.2, 0.25) is 5.91 Å². The van der Waals surface area contributed by atoms with Crippen molar-refractivity contribution in [2.24, 2.45) is 0 Å². The Labute approximate surface area is 155 Å². The molecule has 2 rings (SSSR count). The highest BCUT2D eigenvalue weighted by Crippen LogP contribution is 2.28. The SMILES string of the molecule is CCC(=O)Nc1ccc(C)c(S(=O)(=O)Nc2ccc(SC(F)F)cc2)c1. The molecule has 26 heavy (non-hydrogen) atoms. The number of sulfonamides is 1. The predicted octanol–water partition coefficient (Wildman–Crippen LogP) is 4.46. The van der Waals surface area contributed by atoms with Gasteiger partial charge in [-0.15, -0.1) is 0 Å². The first kappa shape index (κ1) is 20.2. The van der Waals surface area contributed by atoms with Crippen LogP contribution < -0.4 is 10.0 Å². The minimum absolute atomic E-state index is 0.0254. The number of halogens is 2. The molecule has 2 aromatic rings. The average Bonchev–Trinajstić information content (AvgIpc) is 2.57. The Bertz CT molecular complexity index is 885. The van der Waals surface area contributed by atoms with E-state index in [1.807, 2.05) is 0 Å². The molecule has 0 heterocycles. The highest BCUT2D eigenvalue weighted by atomic mass is 32.2. The van der Waals surface area contributed by atoms with Crippen molar-refractivity contribution in [1.29, 1.82) is 0 Å². The third-order valence-electron chi connectivity index (χ3n) is 3.41. The molecule has 0 atom stereocenters. The summed E-state index contributed by atoms with van der Waals surface area (Å²) >= 11 is 0.383. The molecule has 1 amide bonds. The summed E-state index contributed by atoms with van der Waals surface area (Å²) in [6.07, 6.45) is 0.275. The molecule has 2 aromatic carbocycles. The van der Waals surface area contributed by atoms with E-state index < -0.39 is 15.8 Å². The fraction of sp³-hybridized carbons (Fsp3) is 0.235. The molecule has 9 heteroatoms. The molecule has 0 fully saturated rings. The lowest BCUT2D eigenvalue weighted by Gasteiger charge is -2.13. The van der Waals surface area contributed by atoms with Gasteiger partial charge in [-0.05, 0) is 48.9 Å². The molecule has 0 aliphatic rings. The number of hydrogen-bond acceptors (Lipinski definition) is 4. The Balaban J connectivity index is 2.24. The van der Waals surface area contributed by atoms with Crippen molar-refractivity contribution in [3.05, 3.63) is 48.0 Å². The van der Waals surface area contributed by atoms with Crippen LogP contribution in [0.25, 0.3) is 0 Å². The van der Waals surface area contributed by atoms with Gasteiger partial charge in [0.1, 0.15) is 0 Å². The van der Waals surface area contributed by atoms with Gasteiger partial charge in [0.15, 0.2) is 0 Å². The summed E-state index contributed by atoms with van der Waals surface area (Å²) in [5, 5.41) is 2.62. The lowest BCUT2D eigenvalue weighted by atomic mass is 10.2. The van der Waals surface area contributed by atoms with E-state index in [9.17, 15) is 22.0 Å². The molecule has 2 N–H and O–H groups in total. The summed E-state index contributed by atoms with van der Waals surface area (Å²) in [5.74, 6) is -2.77. The number of nitrogens with one attached hydrogen (secondary N) is 2. The van der Waals surface area contributed by atoms with E-state index in [2.05, 4.69) is 10.0 Å². The molecule has 0 unspecified atom stereocenters.